The molecular formula is C14H10ClN3O2S. The highest BCUT2D eigenvalue weighted by Gasteiger charge is 2.15. The molecule has 0 fully saturated rings. The minimum atomic E-state index is -0.485. The van der Waals surface area contributed by atoms with E-state index in [1.165, 1.54) is 17.5 Å². The number of H-pyrrole nitrogens is 1. The number of rotatable bonds is 2. The Morgan fingerprint density at radius 3 is 2.95 bits per heavy atom. The molecule has 7 heteroatoms. The number of nitrogens with one attached hydrogen (secondary N) is 2. The van der Waals surface area contributed by atoms with Crippen LogP contribution in [0.2, 0.25) is 5.02 Å². The van der Waals surface area contributed by atoms with Gasteiger partial charge in [-0.25, -0.2) is 4.98 Å². The number of amides is 1. The van der Waals surface area contributed by atoms with E-state index >= 15 is 0 Å². The van der Waals surface area contributed by atoms with Gasteiger partial charge in [-0.15, -0.1) is 11.3 Å². The van der Waals surface area contributed by atoms with Crippen molar-refractivity contribution in [2.24, 2.45) is 0 Å². The second-order valence-corrected chi connectivity index (χ2v) is 5.72. The number of aromatic nitrogens is 2. The summed E-state index contributed by atoms with van der Waals surface area (Å²) in [6.07, 6.45) is 2.98. The van der Waals surface area contributed by atoms with Crippen LogP contribution >= 0.6 is 22.9 Å². The van der Waals surface area contributed by atoms with Gasteiger partial charge < -0.3 is 4.98 Å². The van der Waals surface area contributed by atoms with E-state index in [9.17, 15) is 9.59 Å². The summed E-state index contributed by atoms with van der Waals surface area (Å²) >= 11 is 7.32. The topological polar surface area (TPSA) is 74.8 Å². The first-order valence-electron chi connectivity index (χ1n) is 6.09. The molecule has 2 N–H and O–H groups in total. The number of anilines is 1. The minimum absolute atomic E-state index is 0.0411. The van der Waals surface area contributed by atoms with Crippen LogP contribution in [0.5, 0.6) is 0 Å². The summed E-state index contributed by atoms with van der Waals surface area (Å²) in [5.41, 5.74) is 1.12. The molecule has 1 amide bonds. The molecule has 0 radical (unpaired) electrons. The van der Waals surface area contributed by atoms with E-state index in [1.54, 1.807) is 23.7 Å². The number of aromatic amines is 1. The Kier molecular flexibility index (Phi) is 3.48. The van der Waals surface area contributed by atoms with Gasteiger partial charge in [-0.05, 0) is 24.6 Å². The van der Waals surface area contributed by atoms with E-state index in [0.29, 0.717) is 21.1 Å². The molecule has 3 aromatic rings. The zero-order valence-corrected chi connectivity index (χ0v) is 12.5. The second kappa shape index (κ2) is 5.31. The van der Waals surface area contributed by atoms with E-state index in [2.05, 4.69) is 15.3 Å². The molecule has 1 aromatic carbocycles. The molecule has 3 rings (SSSR count). The predicted molar refractivity (Wildman–Crippen MR) is 84.4 cm³/mol. The average molecular weight is 320 g/mol. The van der Waals surface area contributed by atoms with Crippen LogP contribution in [0.25, 0.3) is 10.9 Å². The van der Waals surface area contributed by atoms with Gasteiger partial charge in [0.1, 0.15) is 5.56 Å². The lowest BCUT2D eigenvalue weighted by Gasteiger charge is -2.06. The molecule has 0 saturated heterocycles. The molecule has 0 aliphatic carbocycles. The number of nitrogens with zero attached hydrogens (tertiary/aromatic N) is 1. The molecule has 0 spiro atoms. The first-order valence-corrected chi connectivity index (χ1v) is 7.35. The minimum Gasteiger partial charge on any atom is -0.360 e. The Bertz CT molecular complexity index is 887. The number of pyridine rings is 1. The maximum absolute atomic E-state index is 12.4. The van der Waals surface area contributed by atoms with Crippen molar-refractivity contribution in [3.8, 4) is 0 Å². The van der Waals surface area contributed by atoms with Gasteiger partial charge in [0.05, 0.1) is 5.52 Å². The van der Waals surface area contributed by atoms with Crippen molar-refractivity contribution in [2.45, 2.75) is 6.92 Å². The lowest BCUT2D eigenvalue weighted by atomic mass is 10.1. The van der Waals surface area contributed by atoms with Crippen LogP contribution in [0.1, 0.15) is 15.9 Å². The number of hydrogen-bond acceptors (Lipinski definition) is 4. The van der Waals surface area contributed by atoms with E-state index in [0.717, 1.165) is 5.56 Å². The molecule has 0 unspecified atom stereocenters. The van der Waals surface area contributed by atoms with Crippen molar-refractivity contribution in [1.82, 2.24) is 9.97 Å². The Balaban J connectivity index is 2.08. The lowest BCUT2D eigenvalue weighted by molar-refractivity contribution is 0.102. The van der Waals surface area contributed by atoms with Crippen molar-refractivity contribution in [2.75, 3.05) is 5.32 Å². The molecule has 0 atom stereocenters. The fraction of sp³-hybridized carbons (Fsp3) is 0.0714. The Morgan fingerprint density at radius 2 is 2.24 bits per heavy atom. The van der Waals surface area contributed by atoms with E-state index in [-0.39, 0.29) is 11.0 Å². The van der Waals surface area contributed by atoms with E-state index in [1.807, 2.05) is 6.92 Å². The van der Waals surface area contributed by atoms with Gasteiger partial charge in [0, 0.05) is 28.2 Å². The van der Waals surface area contributed by atoms with E-state index in [4.69, 9.17) is 11.6 Å². The molecular weight excluding hydrogens is 310 g/mol. The van der Waals surface area contributed by atoms with Crippen LogP contribution in [0.15, 0.2) is 34.7 Å². The van der Waals surface area contributed by atoms with Gasteiger partial charge in [0.2, 0.25) is 5.43 Å². The van der Waals surface area contributed by atoms with Crippen molar-refractivity contribution in [3.05, 3.63) is 56.3 Å². The van der Waals surface area contributed by atoms with Crippen LogP contribution in [-0.4, -0.2) is 15.9 Å². The molecule has 0 saturated carbocycles. The highest BCUT2D eigenvalue weighted by Crippen LogP contribution is 2.22. The molecule has 2 aromatic heterocycles. The maximum atomic E-state index is 12.4. The van der Waals surface area contributed by atoms with Gasteiger partial charge in [0.15, 0.2) is 5.13 Å². The van der Waals surface area contributed by atoms with E-state index < -0.39 is 5.91 Å². The van der Waals surface area contributed by atoms with Crippen molar-refractivity contribution in [1.29, 1.82) is 0 Å². The van der Waals surface area contributed by atoms with Crippen molar-refractivity contribution >= 4 is 44.9 Å². The number of benzene rings is 1. The number of carbonyl (C=O) groups is 1. The van der Waals surface area contributed by atoms with Crippen molar-refractivity contribution in [3.63, 3.8) is 0 Å². The summed E-state index contributed by atoms with van der Waals surface area (Å²) in [6, 6.07) is 3.26. The van der Waals surface area contributed by atoms with Gasteiger partial charge >= 0.3 is 0 Å². The predicted octanol–water partition coefficient (Wildman–Crippen LogP) is 3.20. The molecule has 0 aliphatic heterocycles. The second-order valence-electron chi connectivity index (χ2n) is 4.42. The summed E-state index contributed by atoms with van der Waals surface area (Å²) in [4.78, 5) is 31.5. The number of thiazole rings is 1. The van der Waals surface area contributed by atoms with Crippen LogP contribution in [0.4, 0.5) is 5.13 Å². The third kappa shape index (κ3) is 2.43. The number of aryl methyl sites for hydroxylation is 1. The van der Waals surface area contributed by atoms with Crippen LogP contribution < -0.4 is 10.7 Å². The molecule has 0 aliphatic rings. The smallest absolute Gasteiger partial charge is 0.262 e. The molecule has 106 valence electrons. The third-order valence-electron chi connectivity index (χ3n) is 3.15. The number of carbonyl (C=O) groups excluding carboxylic acids is 1. The number of halogens is 1. The van der Waals surface area contributed by atoms with Gasteiger partial charge in [-0.2, -0.15) is 0 Å². The van der Waals surface area contributed by atoms with Gasteiger partial charge in [-0.3, -0.25) is 14.9 Å². The van der Waals surface area contributed by atoms with Gasteiger partial charge in [0.25, 0.3) is 5.91 Å². The fourth-order valence-corrected chi connectivity index (χ4v) is 2.72. The summed E-state index contributed by atoms with van der Waals surface area (Å²) in [5.74, 6) is -0.485. The van der Waals surface area contributed by atoms with Gasteiger partial charge in [-0.1, -0.05) is 11.6 Å². The highest BCUT2D eigenvalue weighted by atomic mass is 35.5. The average Bonchev–Trinajstić information content (AvgIpc) is 2.96. The number of hydrogen-bond donors (Lipinski definition) is 2. The molecule has 5 nitrogen and oxygen atoms in total. The SMILES string of the molecule is Cc1c(Cl)ccc2c(=O)c(C(=O)Nc3nccs3)c[nH]c12. The maximum Gasteiger partial charge on any atom is 0.262 e. The van der Waals surface area contributed by atoms with Crippen molar-refractivity contribution < 1.29 is 4.79 Å². The summed E-state index contributed by atoms with van der Waals surface area (Å²) in [5, 5.41) is 5.79. The third-order valence-corrected chi connectivity index (χ3v) is 4.24. The Morgan fingerprint density at radius 1 is 1.43 bits per heavy atom. The highest BCUT2D eigenvalue weighted by molar-refractivity contribution is 7.13. The fourth-order valence-electron chi connectivity index (χ4n) is 2.03. The summed E-state index contributed by atoms with van der Waals surface area (Å²) < 4.78 is 0. The quantitative estimate of drug-likeness (QED) is 0.761. The first kappa shape index (κ1) is 13.8. The zero-order valence-electron chi connectivity index (χ0n) is 10.9. The monoisotopic (exact) mass is 319 g/mol. The summed E-state index contributed by atoms with van der Waals surface area (Å²) in [7, 11) is 0. The molecule has 0 bridgehead atoms. The van der Waals surface area contributed by atoms with Crippen LogP contribution in [0, 0.1) is 6.92 Å². The normalized spacial score (nSPS) is 10.8. The number of fused-ring (bicyclic) bond motifs is 1. The molecule has 21 heavy (non-hydrogen) atoms. The summed E-state index contributed by atoms with van der Waals surface area (Å²) in [6.45, 7) is 1.82. The van der Waals surface area contributed by atoms with Crippen LogP contribution in [0.3, 0.4) is 0 Å². The molecule has 2 heterocycles. The van der Waals surface area contributed by atoms with Crippen LogP contribution in [-0.2, 0) is 0 Å². The Hall–Kier alpha value is -2.18. The first-order chi connectivity index (χ1) is 10.1. The zero-order chi connectivity index (χ0) is 15.0. The Labute approximate surface area is 128 Å². The largest absolute Gasteiger partial charge is 0.360 e. The standard InChI is InChI=1S/C14H10ClN3O2S/c1-7-10(15)3-2-8-11(7)17-6-9(12(8)19)13(20)18-14-16-4-5-21-14/h2-6H,1H3,(H,17,19)(H,16,18,20). The lowest BCUT2D eigenvalue weighted by Crippen LogP contribution is -2.22.